The minimum Gasteiger partial charge on any atom is -0.508 e. The standard InChI is InChI=1S/C31H33N3O8/c1-34(2)10-4-9-33-30(41)16-6-3-5-15(11-16)19-7-8-21(35)24-20(19)13-17-12-18-14-22(36)25(29(32)40)28(39)31(18,42)27(38)23(17)26(24)37/h3,5-8,11,17-18,35,37,39,42H,4,9-10,12-14H2,1-2H3,(H2,32,40)(H,33,41)/t17?,18-,31-/m0/s1. The van der Waals surface area contributed by atoms with Crippen molar-refractivity contribution in [3.8, 4) is 16.9 Å². The van der Waals surface area contributed by atoms with Gasteiger partial charge in [-0.2, -0.15) is 0 Å². The lowest BCUT2D eigenvalue weighted by molar-refractivity contribution is -0.147. The van der Waals surface area contributed by atoms with Crippen molar-refractivity contribution in [1.82, 2.24) is 10.2 Å². The first-order valence-electron chi connectivity index (χ1n) is 13.7. The molecule has 2 aromatic rings. The first-order valence-corrected chi connectivity index (χ1v) is 13.7. The van der Waals surface area contributed by atoms with Gasteiger partial charge in [0.25, 0.3) is 11.8 Å². The maximum absolute atomic E-state index is 13.7. The van der Waals surface area contributed by atoms with Crippen molar-refractivity contribution in [2.45, 2.75) is 31.3 Å². The molecule has 0 aliphatic heterocycles. The van der Waals surface area contributed by atoms with Gasteiger partial charge in [-0.25, -0.2) is 0 Å². The summed E-state index contributed by atoms with van der Waals surface area (Å²) in [6.07, 6.45) is 0.601. The Morgan fingerprint density at radius 3 is 2.52 bits per heavy atom. The molecule has 11 nitrogen and oxygen atoms in total. The number of fused-ring (bicyclic) bond motifs is 3. The van der Waals surface area contributed by atoms with Gasteiger partial charge < -0.3 is 36.4 Å². The smallest absolute Gasteiger partial charge is 0.255 e. The van der Waals surface area contributed by atoms with Crippen molar-refractivity contribution in [2.24, 2.45) is 17.6 Å². The van der Waals surface area contributed by atoms with E-state index in [9.17, 15) is 39.6 Å². The van der Waals surface area contributed by atoms with Crippen LogP contribution in [0.15, 0.2) is 53.3 Å². The number of Topliss-reactive ketones (excluding diaryl/α,β-unsaturated/α-hetero) is 2. The van der Waals surface area contributed by atoms with Crippen LogP contribution in [0.5, 0.6) is 5.75 Å². The molecule has 1 saturated carbocycles. The molecule has 11 heteroatoms. The lowest BCUT2D eigenvalue weighted by atomic mass is 9.59. The first-order chi connectivity index (χ1) is 19.9. The highest BCUT2D eigenvalue weighted by Gasteiger charge is 2.60. The fourth-order valence-corrected chi connectivity index (χ4v) is 6.42. The number of carbonyl (C=O) groups excluding carboxylic acids is 4. The van der Waals surface area contributed by atoms with Crippen molar-refractivity contribution in [1.29, 1.82) is 0 Å². The summed E-state index contributed by atoms with van der Waals surface area (Å²) in [7, 11) is 3.91. The molecule has 0 radical (unpaired) electrons. The molecule has 1 unspecified atom stereocenters. The van der Waals surface area contributed by atoms with Crippen LogP contribution in [0.25, 0.3) is 16.9 Å². The molecule has 42 heavy (non-hydrogen) atoms. The Balaban J connectivity index is 1.54. The monoisotopic (exact) mass is 575 g/mol. The highest BCUT2D eigenvalue weighted by molar-refractivity contribution is 6.22. The molecule has 0 aromatic heterocycles. The average Bonchev–Trinajstić information content (AvgIpc) is 2.93. The van der Waals surface area contributed by atoms with Gasteiger partial charge in [0, 0.05) is 30.0 Å². The van der Waals surface area contributed by atoms with E-state index in [1.54, 1.807) is 30.3 Å². The van der Waals surface area contributed by atoms with Crippen molar-refractivity contribution < 1.29 is 39.6 Å². The number of benzene rings is 2. The lowest BCUT2D eigenvalue weighted by Crippen LogP contribution is -2.58. The number of rotatable bonds is 7. The normalized spacial score (nSPS) is 23.4. The zero-order valence-corrected chi connectivity index (χ0v) is 23.3. The first kappa shape index (κ1) is 29.0. The Hall–Kier alpha value is -4.48. The number of aliphatic hydroxyl groups excluding tert-OH is 2. The van der Waals surface area contributed by atoms with Gasteiger partial charge >= 0.3 is 0 Å². The predicted molar refractivity (Wildman–Crippen MR) is 152 cm³/mol. The maximum Gasteiger partial charge on any atom is 0.255 e. The largest absolute Gasteiger partial charge is 0.508 e. The van der Waals surface area contributed by atoms with E-state index in [4.69, 9.17) is 5.73 Å². The molecule has 1 fully saturated rings. The summed E-state index contributed by atoms with van der Waals surface area (Å²) in [5.74, 6) is -7.00. The maximum atomic E-state index is 13.7. The molecule has 0 spiro atoms. The van der Waals surface area contributed by atoms with E-state index >= 15 is 0 Å². The quantitative estimate of drug-likeness (QED) is 0.211. The molecule has 2 aromatic carbocycles. The molecular weight excluding hydrogens is 542 g/mol. The number of hydrogen-bond donors (Lipinski definition) is 6. The number of phenols is 1. The minimum absolute atomic E-state index is 0.00169. The van der Waals surface area contributed by atoms with Crippen LogP contribution in [-0.2, 0) is 20.8 Å². The van der Waals surface area contributed by atoms with Crippen LogP contribution in [0.2, 0.25) is 0 Å². The lowest BCUT2D eigenvalue weighted by Gasteiger charge is -2.46. The molecule has 2 amide bonds. The van der Waals surface area contributed by atoms with Gasteiger partial charge in [-0.1, -0.05) is 18.2 Å². The predicted octanol–water partition coefficient (Wildman–Crippen LogP) is 1.77. The number of ketones is 2. The number of primary amides is 1. The van der Waals surface area contributed by atoms with E-state index in [-0.39, 0.29) is 42.1 Å². The highest BCUT2D eigenvalue weighted by Crippen LogP contribution is 2.53. The van der Waals surface area contributed by atoms with Crippen LogP contribution in [0.3, 0.4) is 0 Å². The van der Waals surface area contributed by atoms with E-state index in [0.29, 0.717) is 28.8 Å². The third kappa shape index (κ3) is 4.64. The molecule has 3 aliphatic carbocycles. The van der Waals surface area contributed by atoms with Gasteiger partial charge in [0.1, 0.15) is 22.8 Å². The van der Waals surface area contributed by atoms with E-state index in [1.165, 1.54) is 6.07 Å². The Labute approximate surface area is 241 Å². The summed E-state index contributed by atoms with van der Waals surface area (Å²) in [5.41, 5.74) is 3.83. The molecule has 220 valence electrons. The number of amides is 2. The Kier molecular flexibility index (Phi) is 7.42. The number of hydrogen-bond acceptors (Lipinski definition) is 9. The van der Waals surface area contributed by atoms with E-state index in [2.05, 4.69) is 5.32 Å². The fourth-order valence-electron chi connectivity index (χ4n) is 6.42. The summed E-state index contributed by atoms with van der Waals surface area (Å²) in [4.78, 5) is 53.0. The van der Waals surface area contributed by atoms with Gasteiger partial charge in [0.15, 0.2) is 11.4 Å². The molecule has 7 N–H and O–H groups in total. The zero-order valence-electron chi connectivity index (χ0n) is 23.3. The molecule has 0 saturated heterocycles. The van der Waals surface area contributed by atoms with Gasteiger partial charge in [-0.3, -0.25) is 19.2 Å². The van der Waals surface area contributed by atoms with Gasteiger partial charge in [0.05, 0.1) is 5.56 Å². The summed E-state index contributed by atoms with van der Waals surface area (Å²) >= 11 is 0. The average molecular weight is 576 g/mol. The topological polar surface area (TPSA) is 190 Å². The number of nitrogens with one attached hydrogen (secondary N) is 1. The summed E-state index contributed by atoms with van der Waals surface area (Å²) < 4.78 is 0. The minimum atomic E-state index is -2.61. The van der Waals surface area contributed by atoms with Crippen LogP contribution in [0.4, 0.5) is 0 Å². The van der Waals surface area contributed by atoms with Crippen LogP contribution in [0, 0.1) is 11.8 Å². The fraction of sp³-hybridized carbons (Fsp3) is 0.355. The molecule has 5 rings (SSSR count). The Morgan fingerprint density at radius 2 is 1.83 bits per heavy atom. The summed E-state index contributed by atoms with van der Waals surface area (Å²) in [6.45, 7) is 1.34. The number of nitrogens with two attached hydrogens (primary N) is 1. The third-order valence-electron chi connectivity index (χ3n) is 8.45. The van der Waals surface area contributed by atoms with Crippen molar-refractivity contribution in [2.75, 3.05) is 27.2 Å². The van der Waals surface area contributed by atoms with E-state index in [1.807, 2.05) is 19.0 Å². The SMILES string of the molecule is CN(C)CCCNC(=O)c1cccc(-c2ccc(O)c3c2CC2C[C@H]4CC(=O)C(C(N)=O)=C(O)[C@@]4(O)C(=O)C2=C3O)c1. The Morgan fingerprint density at radius 1 is 1.10 bits per heavy atom. The molecule has 0 bridgehead atoms. The summed E-state index contributed by atoms with van der Waals surface area (Å²) in [6, 6.07) is 9.96. The number of carbonyl (C=O) groups is 4. The van der Waals surface area contributed by atoms with Crippen molar-refractivity contribution >= 4 is 29.1 Å². The van der Waals surface area contributed by atoms with Crippen LogP contribution >= 0.6 is 0 Å². The number of phenolic OH excluding ortho intramolecular Hbond substituents is 1. The second-order valence-corrected chi connectivity index (χ2v) is 11.4. The molecule has 3 aliphatic rings. The second-order valence-electron chi connectivity index (χ2n) is 11.4. The van der Waals surface area contributed by atoms with Crippen LogP contribution < -0.4 is 11.1 Å². The van der Waals surface area contributed by atoms with Gasteiger partial charge in [-0.05, 0) is 80.7 Å². The van der Waals surface area contributed by atoms with Crippen LogP contribution in [-0.4, -0.2) is 81.5 Å². The third-order valence-corrected chi connectivity index (χ3v) is 8.45. The van der Waals surface area contributed by atoms with E-state index < -0.39 is 52.0 Å². The Bertz CT molecular complexity index is 1590. The van der Waals surface area contributed by atoms with Gasteiger partial charge in [0.2, 0.25) is 5.78 Å². The highest BCUT2D eigenvalue weighted by atomic mass is 16.3. The van der Waals surface area contributed by atoms with Gasteiger partial charge in [-0.15, -0.1) is 0 Å². The number of nitrogens with zero attached hydrogens (tertiary/aromatic N) is 1. The molecular formula is C31H33N3O8. The molecule has 3 atom stereocenters. The van der Waals surface area contributed by atoms with E-state index in [0.717, 1.165) is 13.0 Å². The number of aliphatic hydroxyl groups is 3. The number of aromatic hydroxyl groups is 1. The zero-order chi connectivity index (χ0) is 30.5. The summed E-state index contributed by atoms with van der Waals surface area (Å²) in [5, 5.41) is 47.2. The van der Waals surface area contributed by atoms with Crippen molar-refractivity contribution in [3.05, 3.63) is 70.0 Å². The second kappa shape index (κ2) is 10.7. The molecule has 0 heterocycles. The van der Waals surface area contributed by atoms with Crippen LogP contribution in [0.1, 0.15) is 40.7 Å². The van der Waals surface area contributed by atoms with Crippen molar-refractivity contribution in [3.63, 3.8) is 0 Å².